The molecule has 0 saturated carbocycles. The van der Waals surface area contributed by atoms with Gasteiger partial charge < -0.3 is 20.3 Å². The third-order valence-corrected chi connectivity index (χ3v) is 15.9. The van der Waals surface area contributed by atoms with E-state index in [1.54, 1.807) is 0 Å². The largest absolute Gasteiger partial charge is 0.466 e. The third kappa shape index (κ3) is 61.3. The van der Waals surface area contributed by atoms with Crippen LogP contribution in [0.15, 0.2) is 36.5 Å². The van der Waals surface area contributed by atoms with E-state index in [-0.39, 0.29) is 18.5 Å². The van der Waals surface area contributed by atoms with Crippen LogP contribution in [0.5, 0.6) is 0 Å². The van der Waals surface area contributed by atoms with Gasteiger partial charge in [0, 0.05) is 12.8 Å². The van der Waals surface area contributed by atoms with Gasteiger partial charge in [-0.3, -0.25) is 9.59 Å². The number of rotatable bonds is 64. The molecule has 76 heavy (non-hydrogen) atoms. The normalized spacial score (nSPS) is 12.7. The van der Waals surface area contributed by atoms with Crippen molar-refractivity contribution in [2.45, 2.75) is 386 Å². The van der Waals surface area contributed by atoms with Crippen LogP contribution in [0.2, 0.25) is 0 Å². The van der Waals surface area contributed by atoms with Gasteiger partial charge in [0.25, 0.3) is 0 Å². The molecule has 448 valence electrons. The number of ether oxygens (including phenoxy) is 1. The van der Waals surface area contributed by atoms with Crippen molar-refractivity contribution in [3.8, 4) is 0 Å². The number of aliphatic hydroxyl groups excluding tert-OH is 2. The first-order valence-electron chi connectivity index (χ1n) is 34.2. The van der Waals surface area contributed by atoms with E-state index in [2.05, 4.69) is 55.6 Å². The summed E-state index contributed by atoms with van der Waals surface area (Å²) in [6.45, 7) is 4.95. The molecule has 0 aliphatic carbocycles. The van der Waals surface area contributed by atoms with Crippen LogP contribution in [0.3, 0.4) is 0 Å². The zero-order valence-electron chi connectivity index (χ0n) is 51.3. The molecule has 0 radical (unpaired) electrons. The molecule has 0 aromatic rings. The van der Waals surface area contributed by atoms with Gasteiger partial charge in [-0.2, -0.15) is 0 Å². The lowest BCUT2D eigenvalue weighted by Gasteiger charge is -2.22. The highest BCUT2D eigenvalue weighted by atomic mass is 16.5. The minimum absolute atomic E-state index is 0.00266. The monoisotopic (exact) mass is 1070 g/mol. The number of esters is 1. The highest BCUT2D eigenvalue weighted by Crippen LogP contribution is 2.18. The third-order valence-electron chi connectivity index (χ3n) is 15.9. The Morgan fingerprint density at radius 1 is 0.368 bits per heavy atom. The van der Waals surface area contributed by atoms with Crippen molar-refractivity contribution in [2.24, 2.45) is 0 Å². The van der Waals surface area contributed by atoms with Crippen LogP contribution in [0.1, 0.15) is 373 Å². The Labute approximate surface area is 474 Å². The van der Waals surface area contributed by atoms with Gasteiger partial charge in [0.1, 0.15) is 0 Å². The van der Waals surface area contributed by atoms with E-state index in [1.807, 2.05) is 0 Å². The van der Waals surface area contributed by atoms with Crippen molar-refractivity contribution in [1.29, 1.82) is 0 Å². The first kappa shape index (κ1) is 74.1. The van der Waals surface area contributed by atoms with Gasteiger partial charge >= 0.3 is 5.97 Å². The molecule has 0 bridgehead atoms. The molecule has 0 aromatic heterocycles. The number of allylic oxidation sites excluding steroid dienone is 6. The first-order chi connectivity index (χ1) is 37.5. The lowest BCUT2D eigenvalue weighted by atomic mass is 10.0. The molecule has 0 rings (SSSR count). The summed E-state index contributed by atoms with van der Waals surface area (Å²) < 4.78 is 5.49. The molecule has 6 heteroatoms. The maximum atomic E-state index is 12.5. The second kappa shape index (κ2) is 65.6. The standard InChI is InChI=1S/C70H133NO5/c1-3-5-7-9-11-13-15-17-19-21-23-24-25-27-30-34-38-42-46-50-54-58-62-68(73)67(66-72)71-69(74)63-59-55-51-47-43-39-35-31-28-26-29-33-37-41-45-49-53-57-61-65-76-70(75)64-60-56-52-48-44-40-36-32-22-20-18-16-14-12-10-8-6-4-2/h14,16,20,22,26,28,67-68,72-73H,3-13,15,17-19,21,23-25,27,29-66H2,1-2H3,(H,71,74)/b16-14-,22-20-,28-26-. The van der Waals surface area contributed by atoms with Crippen molar-refractivity contribution < 1.29 is 24.5 Å². The fourth-order valence-electron chi connectivity index (χ4n) is 10.7. The smallest absolute Gasteiger partial charge is 0.305 e. The van der Waals surface area contributed by atoms with Crippen LogP contribution in [-0.4, -0.2) is 47.4 Å². The predicted octanol–water partition coefficient (Wildman–Crippen LogP) is 21.9. The van der Waals surface area contributed by atoms with Gasteiger partial charge in [-0.05, 0) is 83.5 Å². The summed E-state index contributed by atoms with van der Waals surface area (Å²) in [4.78, 5) is 24.6. The van der Waals surface area contributed by atoms with Gasteiger partial charge in [0.2, 0.25) is 5.91 Å². The number of hydrogen-bond donors (Lipinski definition) is 3. The molecule has 0 aliphatic heterocycles. The van der Waals surface area contributed by atoms with Crippen LogP contribution < -0.4 is 5.32 Å². The molecule has 0 aliphatic rings. The SMILES string of the molecule is CCCCCC/C=C\C/C=C\CCCCCCCCCC(=O)OCCCCCCCCCC/C=C\CCCCCCCCCC(=O)NC(CO)C(O)CCCCCCCCCCCCCCCCCCCCCCCC. The zero-order valence-corrected chi connectivity index (χ0v) is 51.3. The molecule has 0 heterocycles. The minimum atomic E-state index is -0.673. The summed E-state index contributed by atoms with van der Waals surface area (Å²) in [7, 11) is 0. The highest BCUT2D eigenvalue weighted by molar-refractivity contribution is 5.76. The van der Waals surface area contributed by atoms with Crippen molar-refractivity contribution in [2.75, 3.05) is 13.2 Å². The number of aliphatic hydroxyl groups is 2. The Balaban J connectivity index is 3.43. The molecule has 1 amide bonds. The van der Waals surface area contributed by atoms with Gasteiger partial charge in [-0.15, -0.1) is 0 Å². The van der Waals surface area contributed by atoms with Crippen LogP contribution in [0.4, 0.5) is 0 Å². The van der Waals surface area contributed by atoms with Gasteiger partial charge in [0.15, 0.2) is 0 Å². The summed E-state index contributed by atoms with van der Waals surface area (Å²) in [5, 5.41) is 23.4. The summed E-state index contributed by atoms with van der Waals surface area (Å²) >= 11 is 0. The Morgan fingerprint density at radius 2 is 0.658 bits per heavy atom. The highest BCUT2D eigenvalue weighted by Gasteiger charge is 2.20. The van der Waals surface area contributed by atoms with Crippen molar-refractivity contribution >= 4 is 11.9 Å². The molecular formula is C70H133NO5. The summed E-state index contributed by atoms with van der Waals surface area (Å²) in [6.07, 6.45) is 83.1. The van der Waals surface area contributed by atoms with Crippen molar-refractivity contribution in [1.82, 2.24) is 5.32 Å². The molecule has 2 unspecified atom stereocenters. The first-order valence-corrected chi connectivity index (χ1v) is 34.2. The Bertz CT molecular complexity index is 1230. The average molecular weight is 1070 g/mol. The molecule has 6 nitrogen and oxygen atoms in total. The number of carbonyl (C=O) groups is 2. The number of amides is 1. The molecule has 2 atom stereocenters. The van der Waals surface area contributed by atoms with E-state index in [4.69, 9.17) is 4.74 Å². The predicted molar refractivity (Wildman–Crippen MR) is 333 cm³/mol. The van der Waals surface area contributed by atoms with E-state index in [0.29, 0.717) is 25.9 Å². The molecule has 0 saturated heterocycles. The van der Waals surface area contributed by atoms with Crippen molar-refractivity contribution in [3.05, 3.63) is 36.5 Å². The minimum Gasteiger partial charge on any atom is -0.466 e. The van der Waals surface area contributed by atoms with Gasteiger partial charge in [-0.1, -0.05) is 314 Å². The van der Waals surface area contributed by atoms with Crippen LogP contribution in [0, 0.1) is 0 Å². The van der Waals surface area contributed by atoms with Crippen LogP contribution >= 0.6 is 0 Å². The molecule has 0 fully saturated rings. The van der Waals surface area contributed by atoms with Crippen LogP contribution in [-0.2, 0) is 14.3 Å². The Kier molecular flexibility index (Phi) is 63.9. The number of carbonyl (C=O) groups excluding carboxylic acids is 2. The number of unbranched alkanes of at least 4 members (excludes halogenated alkanes) is 47. The van der Waals surface area contributed by atoms with Gasteiger partial charge in [-0.25, -0.2) is 0 Å². The van der Waals surface area contributed by atoms with E-state index >= 15 is 0 Å². The van der Waals surface area contributed by atoms with Crippen molar-refractivity contribution in [3.63, 3.8) is 0 Å². The lowest BCUT2D eigenvalue weighted by Crippen LogP contribution is -2.45. The molecular weight excluding hydrogens is 935 g/mol. The maximum absolute atomic E-state index is 12.5. The lowest BCUT2D eigenvalue weighted by molar-refractivity contribution is -0.143. The summed E-state index contributed by atoms with van der Waals surface area (Å²) in [5.41, 5.74) is 0. The second-order valence-corrected chi connectivity index (χ2v) is 23.5. The maximum Gasteiger partial charge on any atom is 0.305 e. The summed E-state index contributed by atoms with van der Waals surface area (Å²) in [5.74, 6) is -0.0439. The second-order valence-electron chi connectivity index (χ2n) is 23.5. The fraction of sp³-hybridized carbons (Fsp3) is 0.886. The topological polar surface area (TPSA) is 95.9 Å². The number of hydrogen-bond acceptors (Lipinski definition) is 5. The average Bonchev–Trinajstić information content (AvgIpc) is 3.42. The molecule has 0 spiro atoms. The van der Waals surface area contributed by atoms with Crippen LogP contribution in [0.25, 0.3) is 0 Å². The molecule has 0 aromatic carbocycles. The fourth-order valence-corrected chi connectivity index (χ4v) is 10.7. The Hall–Kier alpha value is -1.92. The Morgan fingerprint density at radius 3 is 1.03 bits per heavy atom. The number of nitrogens with one attached hydrogen (secondary N) is 1. The van der Waals surface area contributed by atoms with E-state index in [1.165, 1.54) is 289 Å². The molecule has 3 N–H and O–H groups in total. The summed E-state index contributed by atoms with van der Waals surface area (Å²) in [6, 6.07) is -0.551. The zero-order chi connectivity index (χ0) is 55.0. The van der Waals surface area contributed by atoms with E-state index in [9.17, 15) is 19.8 Å². The quantitative estimate of drug-likeness (QED) is 0.0320. The van der Waals surface area contributed by atoms with E-state index < -0.39 is 12.1 Å². The van der Waals surface area contributed by atoms with Gasteiger partial charge in [0.05, 0.1) is 25.4 Å². The van der Waals surface area contributed by atoms with E-state index in [0.717, 1.165) is 51.4 Å².